The van der Waals surface area contributed by atoms with Gasteiger partial charge in [0.2, 0.25) is 0 Å². The Hall–Kier alpha value is -2.56. The van der Waals surface area contributed by atoms with Gasteiger partial charge in [-0.3, -0.25) is 0 Å². The molecule has 0 radical (unpaired) electrons. The summed E-state index contributed by atoms with van der Waals surface area (Å²) in [7, 11) is 2.05. The number of likely N-dealkylation sites (N-methyl/N-ethyl adjacent to an activating group) is 1. The first-order valence-corrected chi connectivity index (χ1v) is 9.04. The fourth-order valence-electron chi connectivity index (χ4n) is 4.25. The molecule has 0 aliphatic carbocycles. The number of ether oxygens (including phenoxy) is 1. The Bertz CT molecular complexity index is 801. The highest BCUT2D eigenvalue weighted by Crippen LogP contribution is 2.46. The Balaban J connectivity index is 1.40. The first kappa shape index (κ1) is 16.9. The monoisotopic (exact) mass is 354 g/mol. The molecule has 5 heteroatoms. The molecule has 1 saturated heterocycles. The van der Waals surface area contributed by atoms with Crippen molar-refractivity contribution in [3.8, 4) is 0 Å². The first-order chi connectivity index (χ1) is 12.6. The summed E-state index contributed by atoms with van der Waals surface area (Å²) < 4.78 is 19.2. The van der Waals surface area contributed by atoms with Crippen molar-refractivity contribution in [2.24, 2.45) is 0 Å². The van der Waals surface area contributed by atoms with Gasteiger partial charge in [0, 0.05) is 37.8 Å². The number of carbonyl (C=O) groups excluding carboxylic acids is 1. The second kappa shape index (κ2) is 6.63. The molecule has 4 nitrogen and oxygen atoms in total. The second-order valence-electron chi connectivity index (χ2n) is 7.33. The SMILES string of the molecule is CN1CC2(CCN(C(=O)OCc3ccccc3)CC2)c2cc(F)ccc21. The Labute approximate surface area is 153 Å². The topological polar surface area (TPSA) is 32.8 Å². The molecule has 0 atom stereocenters. The van der Waals surface area contributed by atoms with Gasteiger partial charge in [-0.25, -0.2) is 9.18 Å². The zero-order valence-electron chi connectivity index (χ0n) is 15.0. The molecule has 1 amide bonds. The molecule has 4 rings (SSSR count). The minimum Gasteiger partial charge on any atom is -0.445 e. The predicted octanol–water partition coefficient (Wildman–Crippen LogP) is 3.95. The van der Waals surface area contributed by atoms with E-state index < -0.39 is 0 Å². The number of rotatable bonds is 2. The Morgan fingerprint density at radius 2 is 1.88 bits per heavy atom. The van der Waals surface area contributed by atoms with E-state index in [1.54, 1.807) is 11.0 Å². The van der Waals surface area contributed by atoms with Crippen LogP contribution in [-0.2, 0) is 16.8 Å². The van der Waals surface area contributed by atoms with Crippen LogP contribution >= 0.6 is 0 Å². The van der Waals surface area contributed by atoms with E-state index in [1.165, 1.54) is 6.07 Å². The van der Waals surface area contributed by atoms with Crippen molar-refractivity contribution in [2.75, 3.05) is 31.6 Å². The number of piperidine rings is 1. The summed E-state index contributed by atoms with van der Waals surface area (Å²) in [6.07, 6.45) is 1.39. The molecule has 0 bridgehead atoms. The number of anilines is 1. The van der Waals surface area contributed by atoms with E-state index >= 15 is 0 Å². The average molecular weight is 354 g/mol. The van der Waals surface area contributed by atoms with Crippen molar-refractivity contribution >= 4 is 11.8 Å². The highest BCUT2D eigenvalue weighted by Gasteiger charge is 2.44. The number of halogens is 1. The van der Waals surface area contributed by atoms with Gasteiger partial charge in [-0.15, -0.1) is 0 Å². The van der Waals surface area contributed by atoms with E-state index in [4.69, 9.17) is 4.74 Å². The smallest absolute Gasteiger partial charge is 0.410 e. The van der Waals surface area contributed by atoms with E-state index in [0.717, 1.165) is 36.2 Å². The van der Waals surface area contributed by atoms with Crippen molar-refractivity contribution < 1.29 is 13.9 Å². The number of hydrogen-bond donors (Lipinski definition) is 0. The van der Waals surface area contributed by atoms with Crippen molar-refractivity contribution in [1.82, 2.24) is 4.90 Å². The molecule has 136 valence electrons. The van der Waals surface area contributed by atoms with Crippen LogP contribution in [-0.4, -0.2) is 37.7 Å². The van der Waals surface area contributed by atoms with E-state index in [9.17, 15) is 9.18 Å². The van der Waals surface area contributed by atoms with E-state index in [2.05, 4.69) is 4.90 Å². The van der Waals surface area contributed by atoms with Crippen LogP contribution in [0.15, 0.2) is 48.5 Å². The van der Waals surface area contributed by atoms with Crippen LogP contribution in [0.3, 0.4) is 0 Å². The van der Waals surface area contributed by atoms with Crippen molar-refractivity contribution in [2.45, 2.75) is 24.9 Å². The summed E-state index contributed by atoms with van der Waals surface area (Å²) >= 11 is 0. The molecule has 2 aliphatic rings. The number of benzene rings is 2. The Kier molecular flexibility index (Phi) is 4.31. The van der Waals surface area contributed by atoms with Gasteiger partial charge in [0.1, 0.15) is 12.4 Å². The zero-order chi connectivity index (χ0) is 18.1. The lowest BCUT2D eigenvalue weighted by Crippen LogP contribution is -2.47. The molecule has 0 unspecified atom stereocenters. The molecule has 2 heterocycles. The van der Waals surface area contributed by atoms with E-state index in [-0.39, 0.29) is 23.9 Å². The third-order valence-corrected chi connectivity index (χ3v) is 5.66. The Morgan fingerprint density at radius 3 is 2.62 bits per heavy atom. The maximum absolute atomic E-state index is 13.8. The van der Waals surface area contributed by atoms with E-state index in [1.807, 2.05) is 43.4 Å². The van der Waals surface area contributed by atoms with Crippen LogP contribution in [0.5, 0.6) is 0 Å². The third-order valence-electron chi connectivity index (χ3n) is 5.66. The van der Waals surface area contributed by atoms with Crippen LogP contribution in [0.25, 0.3) is 0 Å². The van der Waals surface area contributed by atoms with E-state index in [0.29, 0.717) is 13.1 Å². The molecule has 0 saturated carbocycles. The summed E-state index contributed by atoms with van der Waals surface area (Å²) in [5, 5.41) is 0. The van der Waals surface area contributed by atoms with Gasteiger partial charge in [-0.2, -0.15) is 0 Å². The van der Waals surface area contributed by atoms with Crippen LogP contribution in [0.1, 0.15) is 24.0 Å². The number of amides is 1. The summed E-state index contributed by atoms with van der Waals surface area (Å²) in [5.74, 6) is -0.192. The molecule has 2 aromatic carbocycles. The molecule has 26 heavy (non-hydrogen) atoms. The van der Waals surface area contributed by atoms with Gasteiger partial charge in [0.15, 0.2) is 0 Å². The third kappa shape index (κ3) is 3.02. The number of fused-ring (bicyclic) bond motifs is 2. The fourth-order valence-corrected chi connectivity index (χ4v) is 4.25. The summed E-state index contributed by atoms with van der Waals surface area (Å²) in [5.41, 5.74) is 3.10. The minimum absolute atomic E-state index is 0.0671. The fraction of sp³-hybridized carbons (Fsp3) is 0.381. The molecule has 0 N–H and O–H groups in total. The maximum Gasteiger partial charge on any atom is 0.410 e. The number of carbonyl (C=O) groups is 1. The number of likely N-dealkylation sites (tertiary alicyclic amines) is 1. The van der Waals surface area contributed by atoms with Crippen LogP contribution in [0.4, 0.5) is 14.9 Å². The molecule has 1 fully saturated rings. The largest absolute Gasteiger partial charge is 0.445 e. The lowest BCUT2D eigenvalue weighted by molar-refractivity contribution is 0.0790. The van der Waals surface area contributed by atoms with Crippen molar-refractivity contribution in [3.63, 3.8) is 0 Å². The van der Waals surface area contributed by atoms with Gasteiger partial charge >= 0.3 is 6.09 Å². The molecular weight excluding hydrogens is 331 g/mol. The molecule has 0 aromatic heterocycles. The maximum atomic E-state index is 13.8. The van der Waals surface area contributed by atoms with Crippen molar-refractivity contribution in [3.05, 3.63) is 65.5 Å². The average Bonchev–Trinajstić information content (AvgIpc) is 2.92. The molecule has 2 aliphatic heterocycles. The molecule has 1 spiro atoms. The number of hydrogen-bond acceptors (Lipinski definition) is 3. The lowest BCUT2D eigenvalue weighted by atomic mass is 9.74. The van der Waals surface area contributed by atoms with Gasteiger partial charge in [0.05, 0.1) is 0 Å². The first-order valence-electron chi connectivity index (χ1n) is 9.04. The molecule has 2 aromatic rings. The standard InChI is InChI=1S/C21H23FN2O2/c1-23-15-21(18-13-17(22)7-8-19(18)23)9-11-24(12-10-21)20(25)26-14-16-5-3-2-4-6-16/h2-8,13H,9-12,14-15H2,1H3. The number of nitrogens with zero attached hydrogens (tertiary/aromatic N) is 2. The van der Waals surface area contributed by atoms with Gasteiger partial charge in [-0.05, 0) is 42.2 Å². The second-order valence-corrected chi connectivity index (χ2v) is 7.33. The lowest BCUT2D eigenvalue weighted by Gasteiger charge is -2.39. The Morgan fingerprint density at radius 1 is 1.15 bits per heavy atom. The summed E-state index contributed by atoms with van der Waals surface area (Å²) in [6, 6.07) is 14.7. The highest BCUT2D eigenvalue weighted by molar-refractivity contribution is 5.68. The highest BCUT2D eigenvalue weighted by atomic mass is 19.1. The van der Waals surface area contributed by atoms with Crippen LogP contribution in [0, 0.1) is 5.82 Å². The normalized spacial score (nSPS) is 18.1. The van der Waals surface area contributed by atoms with Crippen LogP contribution < -0.4 is 4.90 Å². The summed E-state index contributed by atoms with van der Waals surface area (Å²) in [4.78, 5) is 16.3. The quantitative estimate of drug-likeness (QED) is 0.819. The molecular formula is C21H23FN2O2. The predicted molar refractivity (Wildman–Crippen MR) is 98.8 cm³/mol. The van der Waals surface area contributed by atoms with Crippen LogP contribution in [0.2, 0.25) is 0 Å². The zero-order valence-corrected chi connectivity index (χ0v) is 15.0. The van der Waals surface area contributed by atoms with Gasteiger partial charge in [-0.1, -0.05) is 30.3 Å². The van der Waals surface area contributed by atoms with Crippen molar-refractivity contribution in [1.29, 1.82) is 0 Å². The minimum atomic E-state index is -0.269. The summed E-state index contributed by atoms with van der Waals surface area (Å²) in [6.45, 7) is 2.44. The van der Waals surface area contributed by atoms with Gasteiger partial charge < -0.3 is 14.5 Å². The van der Waals surface area contributed by atoms with Gasteiger partial charge in [0.25, 0.3) is 0 Å².